The number of amides is 1. The molecule has 0 aliphatic heterocycles. The normalized spacial score (nSPS) is 13.2. The van der Waals surface area contributed by atoms with Gasteiger partial charge in [0.1, 0.15) is 12.4 Å². The smallest absolute Gasteiger partial charge is 0.223 e. The maximum atomic E-state index is 11.5. The lowest BCUT2D eigenvalue weighted by Crippen LogP contribution is -2.32. The summed E-state index contributed by atoms with van der Waals surface area (Å²) >= 11 is 0. The molecule has 0 unspecified atom stereocenters. The van der Waals surface area contributed by atoms with Gasteiger partial charge in [-0.3, -0.25) is 4.79 Å². The summed E-state index contributed by atoms with van der Waals surface area (Å²) in [7, 11) is 1.78. The molecule has 2 rings (SSSR count). The number of nitrogens with two attached hydrogens (primary N) is 1. The molecule has 1 aliphatic rings. The maximum absolute atomic E-state index is 11.5. The Bertz CT molecular complexity index is 446. The van der Waals surface area contributed by atoms with E-state index in [4.69, 9.17) is 10.5 Å². The van der Waals surface area contributed by atoms with Crippen LogP contribution in [0.3, 0.4) is 0 Å². The Morgan fingerprint density at radius 2 is 2.16 bits per heavy atom. The lowest BCUT2D eigenvalue weighted by atomic mass is 10.1. The minimum atomic E-state index is 0.0695. The molecular formula is C15H22N2O2. The van der Waals surface area contributed by atoms with Crippen LogP contribution >= 0.6 is 0 Å². The van der Waals surface area contributed by atoms with Crippen LogP contribution in [0, 0.1) is 0 Å². The molecule has 0 aromatic heterocycles. The summed E-state index contributed by atoms with van der Waals surface area (Å²) in [4.78, 5) is 13.2. The second-order valence-electron chi connectivity index (χ2n) is 4.99. The first-order valence-corrected chi connectivity index (χ1v) is 6.89. The fourth-order valence-corrected chi connectivity index (χ4v) is 2.38. The number of carbonyl (C=O) groups excluding carboxylic acids is 1. The molecule has 4 nitrogen and oxygen atoms in total. The molecule has 0 radical (unpaired) electrons. The lowest BCUT2D eigenvalue weighted by Gasteiger charge is -2.17. The van der Waals surface area contributed by atoms with Gasteiger partial charge in [-0.15, -0.1) is 0 Å². The highest BCUT2D eigenvalue weighted by Gasteiger charge is 2.11. The van der Waals surface area contributed by atoms with Crippen molar-refractivity contribution in [2.75, 3.05) is 26.7 Å². The van der Waals surface area contributed by atoms with Crippen LogP contribution in [0.1, 0.15) is 24.0 Å². The van der Waals surface area contributed by atoms with Crippen molar-refractivity contribution in [3.8, 4) is 5.75 Å². The largest absolute Gasteiger partial charge is 0.492 e. The number of rotatable bonds is 6. The van der Waals surface area contributed by atoms with E-state index in [9.17, 15) is 4.79 Å². The molecule has 1 amide bonds. The van der Waals surface area contributed by atoms with Gasteiger partial charge >= 0.3 is 0 Å². The average molecular weight is 262 g/mol. The van der Waals surface area contributed by atoms with Gasteiger partial charge in [0.05, 0.1) is 6.54 Å². The molecule has 1 aromatic carbocycles. The molecule has 0 fully saturated rings. The van der Waals surface area contributed by atoms with E-state index in [1.807, 2.05) is 6.07 Å². The summed E-state index contributed by atoms with van der Waals surface area (Å²) in [6, 6.07) is 6.30. The third kappa shape index (κ3) is 3.70. The Labute approximate surface area is 114 Å². The zero-order valence-electron chi connectivity index (χ0n) is 11.5. The molecule has 0 saturated heterocycles. The second kappa shape index (κ2) is 6.57. The monoisotopic (exact) mass is 262 g/mol. The molecular weight excluding hydrogens is 240 g/mol. The van der Waals surface area contributed by atoms with Crippen molar-refractivity contribution in [1.29, 1.82) is 0 Å². The first-order valence-electron chi connectivity index (χ1n) is 6.89. The molecule has 0 bridgehead atoms. The molecule has 0 saturated carbocycles. The van der Waals surface area contributed by atoms with E-state index in [1.165, 1.54) is 24.0 Å². The van der Waals surface area contributed by atoms with Crippen molar-refractivity contribution in [1.82, 2.24) is 4.90 Å². The number of hydrogen-bond acceptors (Lipinski definition) is 3. The molecule has 0 spiro atoms. The van der Waals surface area contributed by atoms with Crippen molar-refractivity contribution in [3.05, 3.63) is 29.3 Å². The molecule has 0 heterocycles. The van der Waals surface area contributed by atoms with Crippen molar-refractivity contribution in [2.45, 2.75) is 25.7 Å². The molecule has 19 heavy (non-hydrogen) atoms. The van der Waals surface area contributed by atoms with Crippen molar-refractivity contribution < 1.29 is 9.53 Å². The van der Waals surface area contributed by atoms with E-state index in [0.29, 0.717) is 26.1 Å². The molecule has 104 valence electrons. The Hall–Kier alpha value is -1.55. The molecule has 1 aromatic rings. The molecule has 2 N–H and O–H groups in total. The van der Waals surface area contributed by atoms with Crippen LogP contribution in [-0.4, -0.2) is 37.6 Å². The van der Waals surface area contributed by atoms with E-state index in [2.05, 4.69) is 12.1 Å². The maximum Gasteiger partial charge on any atom is 0.223 e. The minimum absolute atomic E-state index is 0.0695. The van der Waals surface area contributed by atoms with Gasteiger partial charge in [0.2, 0.25) is 5.91 Å². The highest BCUT2D eigenvalue weighted by atomic mass is 16.5. The van der Waals surface area contributed by atoms with Crippen LogP contribution in [0.4, 0.5) is 0 Å². The zero-order valence-corrected chi connectivity index (χ0v) is 11.5. The lowest BCUT2D eigenvalue weighted by molar-refractivity contribution is -0.130. The molecule has 1 aliphatic carbocycles. The summed E-state index contributed by atoms with van der Waals surface area (Å²) in [6.07, 6.45) is 3.98. The number of nitrogens with zero attached hydrogens (tertiary/aromatic N) is 1. The summed E-state index contributed by atoms with van der Waals surface area (Å²) in [5, 5.41) is 0. The predicted molar refractivity (Wildman–Crippen MR) is 75.3 cm³/mol. The SMILES string of the molecule is CN(CCOc1ccc2c(c1)CCC2)C(=O)CCN. The van der Waals surface area contributed by atoms with Gasteiger partial charge in [-0.2, -0.15) is 0 Å². The van der Waals surface area contributed by atoms with Gasteiger partial charge in [-0.25, -0.2) is 0 Å². The zero-order chi connectivity index (χ0) is 13.7. The van der Waals surface area contributed by atoms with Gasteiger partial charge < -0.3 is 15.4 Å². The highest BCUT2D eigenvalue weighted by Crippen LogP contribution is 2.25. The number of aryl methyl sites for hydroxylation is 2. The van der Waals surface area contributed by atoms with Crippen LogP contribution in [0.25, 0.3) is 0 Å². The number of benzene rings is 1. The fraction of sp³-hybridized carbons (Fsp3) is 0.533. The summed E-state index contributed by atoms with van der Waals surface area (Å²) in [5.41, 5.74) is 8.21. The topological polar surface area (TPSA) is 55.6 Å². The van der Waals surface area contributed by atoms with E-state index < -0.39 is 0 Å². The van der Waals surface area contributed by atoms with E-state index in [0.717, 1.165) is 12.2 Å². The van der Waals surface area contributed by atoms with E-state index >= 15 is 0 Å². The number of hydrogen-bond donors (Lipinski definition) is 1. The molecule has 0 atom stereocenters. The number of ether oxygens (including phenoxy) is 1. The van der Waals surface area contributed by atoms with Crippen LogP contribution in [-0.2, 0) is 17.6 Å². The average Bonchev–Trinajstić information content (AvgIpc) is 2.86. The first kappa shape index (κ1) is 13.9. The number of carbonyl (C=O) groups is 1. The van der Waals surface area contributed by atoms with Gasteiger partial charge in [0, 0.05) is 20.0 Å². The van der Waals surface area contributed by atoms with Gasteiger partial charge in [-0.1, -0.05) is 6.07 Å². The third-order valence-corrected chi connectivity index (χ3v) is 3.55. The Balaban J connectivity index is 1.78. The Morgan fingerprint density at radius 3 is 2.95 bits per heavy atom. The fourth-order valence-electron chi connectivity index (χ4n) is 2.38. The van der Waals surface area contributed by atoms with Gasteiger partial charge in [0.15, 0.2) is 0 Å². The van der Waals surface area contributed by atoms with E-state index in [1.54, 1.807) is 11.9 Å². The summed E-state index contributed by atoms with van der Waals surface area (Å²) in [6.45, 7) is 1.51. The van der Waals surface area contributed by atoms with Crippen LogP contribution in [0.2, 0.25) is 0 Å². The number of fused-ring (bicyclic) bond motifs is 1. The highest BCUT2D eigenvalue weighted by molar-refractivity contribution is 5.75. The quantitative estimate of drug-likeness (QED) is 0.842. The summed E-state index contributed by atoms with van der Waals surface area (Å²) < 4.78 is 5.71. The van der Waals surface area contributed by atoms with Crippen LogP contribution in [0.5, 0.6) is 5.75 Å². The van der Waals surface area contributed by atoms with Crippen molar-refractivity contribution in [3.63, 3.8) is 0 Å². The first-order chi connectivity index (χ1) is 9.20. The van der Waals surface area contributed by atoms with Crippen LogP contribution < -0.4 is 10.5 Å². The predicted octanol–water partition coefficient (Wildman–Crippen LogP) is 1.36. The summed E-state index contributed by atoms with van der Waals surface area (Å²) in [5.74, 6) is 0.973. The van der Waals surface area contributed by atoms with Crippen molar-refractivity contribution >= 4 is 5.91 Å². The standard InChI is InChI=1S/C15H22N2O2/c1-17(15(18)7-8-16)9-10-19-14-6-5-12-3-2-4-13(12)11-14/h5-6,11H,2-4,7-10,16H2,1H3. The minimum Gasteiger partial charge on any atom is -0.492 e. The third-order valence-electron chi connectivity index (χ3n) is 3.55. The Kier molecular flexibility index (Phi) is 4.80. The van der Waals surface area contributed by atoms with Crippen molar-refractivity contribution in [2.24, 2.45) is 5.73 Å². The van der Waals surface area contributed by atoms with Gasteiger partial charge in [0.25, 0.3) is 0 Å². The van der Waals surface area contributed by atoms with Crippen LogP contribution in [0.15, 0.2) is 18.2 Å². The Morgan fingerprint density at radius 1 is 1.37 bits per heavy atom. The second-order valence-corrected chi connectivity index (χ2v) is 4.99. The molecule has 4 heteroatoms. The number of likely N-dealkylation sites (N-methyl/N-ethyl adjacent to an activating group) is 1. The van der Waals surface area contributed by atoms with Gasteiger partial charge in [-0.05, 0) is 42.5 Å². The van der Waals surface area contributed by atoms with E-state index in [-0.39, 0.29) is 5.91 Å².